The van der Waals surface area contributed by atoms with Crippen molar-refractivity contribution in [3.63, 3.8) is 0 Å². The fraction of sp³-hybridized carbons (Fsp3) is 0.579. The molecule has 1 aromatic carbocycles. The zero-order valence-electron chi connectivity index (χ0n) is 16.9. The van der Waals surface area contributed by atoms with Crippen LogP contribution in [0.25, 0.3) is 0 Å². The summed E-state index contributed by atoms with van der Waals surface area (Å²) in [6.45, 7) is 8.88. The Morgan fingerprint density at radius 2 is 1.86 bits per heavy atom. The van der Waals surface area contributed by atoms with E-state index in [1.54, 1.807) is 19.1 Å². The normalized spacial score (nSPS) is 15.9. The molecule has 0 atom stereocenters. The van der Waals surface area contributed by atoms with Crippen LogP contribution in [0.2, 0.25) is 0 Å². The van der Waals surface area contributed by atoms with E-state index >= 15 is 0 Å². The molecule has 1 saturated heterocycles. The van der Waals surface area contributed by atoms with Gasteiger partial charge in [-0.1, -0.05) is 6.07 Å². The van der Waals surface area contributed by atoms with Crippen LogP contribution in [-0.4, -0.2) is 74.4 Å². The Balaban J connectivity index is 2.19. The van der Waals surface area contributed by atoms with Crippen molar-refractivity contribution in [3.8, 4) is 0 Å². The highest BCUT2D eigenvalue weighted by atomic mass is 32.2. The number of hydrogen-bond acceptors (Lipinski definition) is 5. The van der Waals surface area contributed by atoms with Gasteiger partial charge in [-0.2, -0.15) is 4.31 Å². The number of sulfonamides is 1. The van der Waals surface area contributed by atoms with Crippen molar-refractivity contribution >= 4 is 21.8 Å². The zero-order valence-corrected chi connectivity index (χ0v) is 17.7. The van der Waals surface area contributed by atoms with Crippen LogP contribution in [0.5, 0.6) is 0 Å². The van der Waals surface area contributed by atoms with E-state index in [0.717, 1.165) is 0 Å². The third-order valence-electron chi connectivity index (χ3n) is 4.21. The molecule has 0 radical (unpaired) electrons. The molecule has 8 nitrogen and oxygen atoms in total. The summed E-state index contributed by atoms with van der Waals surface area (Å²) in [5.41, 5.74) is -0.161. The molecular weight excluding hydrogens is 382 g/mol. The monoisotopic (exact) mass is 411 g/mol. The predicted molar refractivity (Wildman–Crippen MR) is 105 cm³/mol. The predicted octanol–water partition coefficient (Wildman–Crippen LogP) is 1.08. The summed E-state index contributed by atoms with van der Waals surface area (Å²) in [5.74, 6) is -0.648. The molecule has 0 aliphatic carbocycles. The topological polar surface area (TPSA) is 96.0 Å². The zero-order chi connectivity index (χ0) is 20.9. The van der Waals surface area contributed by atoms with Crippen LogP contribution < -0.4 is 5.32 Å². The fourth-order valence-corrected chi connectivity index (χ4v) is 4.32. The maximum absolute atomic E-state index is 12.8. The number of benzene rings is 1. The van der Waals surface area contributed by atoms with Gasteiger partial charge in [-0.3, -0.25) is 9.59 Å². The number of nitrogens with one attached hydrogen (secondary N) is 1. The molecule has 156 valence electrons. The average Bonchev–Trinajstić information content (AvgIpc) is 2.65. The van der Waals surface area contributed by atoms with Gasteiger partial charge in [-0.05, 0) is 45.9 Å². The van der Waals surface area contributed by atoms with E-state index in [1.165, 1.54) is 21.3 Å². The second-order valence-corrected chi connectivity index (χ2v) is 9.60. The second-order valence-electron chi connectivity index (χ2n) is 7.66. The third kappa shape index (κ3) is 5.76. The maximum Gasteiger partial charge on any atom is 0.254 e. The lowest BCUT2D eigenvalue weighted by atomic mass is 10.1. The smallest absolute Gasteiger partial charge is 0.254 e. The van der Waals surface area contributed by atoms with Gasteiger partial charge in [0.25, 0.3) is 5.91 Å². The van der Waals surface area contributed by atoms with E-state index in [2.05, 4.69) is 5.32 Å². The second kappa shape index (κ2) is 9.02. The molecule has 1 aromatic rings. The van der Waals surface area contributed by atoms with Gasteiger partial charge in [-0.25, -0.2) is 8.42 Å². The quantitative estimate of drug-likeness (QED) is 0.756. The van der Waals surface area contributed by atoms with Gasteiger partial charge in [0.2, 0.25) is 15.9 Å². The van der Waals surface area contributed by atoms with Gasteiger partial charge in [0.05, 0.1) is 24.7 Å². The van der Waals surface area contributed by atoms with Gasteiger partial charge in [-0.15, -0.1) is 0 Å². The van der Waals surface area contributed by atoms with Crippen molar-refractivity contribution in [1.29, 1.82) is 0 Å². The first-order valence-corrected chi connectivity index (χ1v) is 10.8. The van der Waals surface area contributed by atoms with Crippen molar-refractivity contribution < 1.29 is 22.7 Å². The summed E-state index contributed by atoms with van der Waals surface area (Å²) in [6, 6.07) is 5.95. The highest BCUT2D eigenvalue weighted by Gasteiger charge is 2.27. The van der Waals surface area contributed by atoms with E-state index in [-0.39, 0.29) is 41.9 Å². The molecule has 0 aromatic heterocycles. The fourth-order valence-electron chi connectivity index (χ4n) is 2.87. The summed E-state index contributed by atoms with van der Waals surface area (Å²) in [5, 5.41) is 2.82. The Bertz CT molecular complexity index is 811. The van der Waals surface area contributed by atoms with Gasteiger partial charge in [0.1, 0.15) is 0 Å². The van der Waals surface area contributed by atoms with Gasteiger partial charge < -0.3 is 15.0 Å². The number of carbonyl (C=O) groups excluding carboxylic acids is 2. The number of rotatable bonds is 6. The molecule has 1 heterocycles. The highest BCUT2D eigenvalue weighted by molar-refractivity contribution is 7.89. The Morgan fingerprint density at radius 3 is 2.43 bits per heavy atom. The Morgan fingerprint density at radius 1 is 1.21 bits per heavy atom. The molecule has 1 fully saturated rings. The minimum absolute atomic E-state index is 0.0652. The Kier molecular flexibility index (Phi) is 7.19. The summed E-state index contributed by atoms with van der Waals surface area (Å²) in [7, 11) is -3.69. The molecule has 0 saturated carbocycles. The van der Waals surface area contributed by atoms with Crippen molar-refractivity contribution in [3.05, 3.63) is 29.8 Å². The first kappa shape index (κ1) is 22.3. The Hall–Kier alpha value is -1.97. The SMILES string of the molecule is CCN(CC(=O)NC(C)(C)C)C(=O)c1cccc(S(=O)(=O)N2CCOCC2)c1. The molecule has 0 bridgehead atoms. The van der Waals surface area contributed by atoms with Crippen molar-refractivity contribution in [2.24, 2.45) is 0 Å². The minimum atomic E-state index is -3.69. The van der Waals surface area contributed by atoms with Gasteiger partial charge >= 0.3 is 0 Å². The number of likely N-dealkylation sites (N-methyl/N-ethyl adjacent to an activating group) is 1. The summed E-state index contributed by atoms with van der Waals surface area (Å²) in [4.78, 5) is 26.5. The van der Waals surface area contributed by atoms with Crippen LogP contribution in [0.3, 0.4) is 0 Å². The number of nitrogens with zero attached hydrogens (tertiary/aromatic N) is 2. The van der Waals surface area contributed by atoms with Crippen LogP contribution in [0.4, 0.5) is 0 Å². The molecule has 28 heavy (non-hydrogen) atoms. The largest absolute Gasteiger partial charge is 0.379 e. The van der Waals surface area contributed by atoms with E-state index in [4.69, 9.17) is 4.74 Å². The van der Waals surface area contributed by atoms with Gasteiger partial charge in [0, 0.05) is 30.7 Å². The lowest BCUT2D eigenvalue weighted by Crippen LogP contribution is -2.47. The summed E-state index contributed by atoms with van der Waals surface area (Å²) >= 11 is 0. The lowest BCUT2D eigenvalue weighted by Gasteiger charge is -2.27. The van der Waals surface area contributed by atoms with Crippen molar-refractivity contribution in [2.45, 2.75) is 38.1 Å². The molecule has 2 amide bonds. The first-order chi connectivity index (χ1) is 13.0. The van der Waals surface area contributed by atoms with Crippen LogP contribution in [0.1, 0.15) is 38.1 Å². The molecule has 1 aliphatic rings. The van der Waals surface area contributed by atoms with Crippen LogP contribution in [0.15, 0.2) is 29.2 Å². The average molecular weight is 412 g/mol. The van der Waals surface area contributed by atoms with E-state index in [0.29, 0.717) is 19.8 Å². The Labute approximate surface area is 166 Å². The van der Waals surface area contributed by atoms with Gasteiger partial charge in [0.15, 0.2) is 0 Å². The number of amides is 2. The minimum Gasteiger partial charge on any atom is -0.379 e. The van der Waals surface area contributed by atoms with Crippen LogP contribution in [-0.2, 0) is 19.6 Å². The third-order valence-corrected chi connectivity index (χ3v) is 6.10. The standard InChI is InChI=1S/C19H29N3O5S/c1-5-21(14-17(23)20-19(2,3)4)18(24)15-7-6-8-16(13-15)28(25,26)22-9-11-27-12-10-22/h6-8,13H,5,9-12,14H2,1-4H3,(H,20,23). The van der Waals surface area contributed by atoms with Crippen molar-refractivity contribution in [1.82, 2.24) is 14.5 Å². The van der Waals surface area contributed by atoms with Crippen LogP contribution in [0, 0.1) is 0 Å². The highest BCUT2D eigenvalue weighted by Crippen LogP contribution is 2.19. The van der Waals surface area contributed by atoms with E-state index in [9.17, 15) is 18.0 Å². The molecule has 0 unspecified atom stereocenters. The molecule has 9 heteroatoms. The number of morpholine rings is 1. The molecule has 1 N–H and O–H groups in total. The number of ether oxygens (including phenoxy) is 1. The number of hydrogen-bond donors (Lipinski definition) is 1. The summed E-state index contributed by atoms with van der Waals surface area (Å²) < 4.78 is 32.2. The molecule has 2 rings (SSSR count). The summed E-state index contributed by atoms with van der Waals surface area (Å²) in [6.07, 6.45) is 0. The van der Waals surface area contributed by atoms with Crippen LogP contribution >= 0.6 is 0 Å². The molecule has 1 aliphatic heterocycles. The van der Waals surface area contributed by atoms with E-state index < -0.39 is 15.6 Å². The van der Waals surface area contributed by atoms with Crippen molar-refractivity contribution in [2.75, 3.05) is 39.4 Å². The number of carbonyl (C=O) groups is 2. The molecular formula is C19H29N3O5S. The lowest BCUT2D eigenvalue weighted by molar-refractivity contribution is -0.123. The molecule has 0 spiro atoms. The van der Waals surface area contributed by atoms with E-state index in [1.807, 2.05) is 20.8 Å². The maximum atomic E-state index is 12.8. The first-order valence-electron chi connectivity index (χ1n) is 9.33.